The molecule has 1 N–H and O–H groups in total. The van der Waals surface area contributed by atoms with Crippen molar-refractivity contribution in [3.8, 4) is 0 Å². The molecule has 0 aliphatic rings. The standard InChI is InChI=1S/C18H16N2O4/c1-11-7-8-12(18(22)23-2)9-14(11)19-17(21)10-15-13-5-3-4-6-16(13)24-20-15/h3-9H,10H2,1-2H3,(H,19,21). The number of benzene rings is 2. The third-order valence-electron chi connectivity index (χ3n) is 3.71. The number of aryl methyl sites for hydroxylation is 1. The first kappa shape index (κ1) is 15.7. The van der Waals surface area contributed by atoms with Crippen LogP contribution < -0.4 is 5.32 Å². The van der Waals surface area contributed by atoms with Gasteiger partial charge in [0.15, 0.2) is 5.58 Å². The van der Waals surface area contributed by atoms with Crippen LogP contribution in [-0.4, -0.2) is 24.1 Å². The number of amides is 1. The summed E-state index contributed by atoms with van der Waals surface area (Å²) >= 11 is 0. The summed E-state index contributed by atoms with van der Waals surface area (Å²) in [5.74, 6) is -0.688. The van der Waals surface area contributed by atoms with E-state index in [9.17, 15) is 9.59 Å². The van der Waals surface area contributed by atoms with Gasteiger partial charge in [-0.15, -0.1) is 0 Å². The number of nitrogens with zero attached hydrogens (tertiary/aromatic N) is 1. The molecule has 3 aromatic rings. The number of hydrogen-bond donors (Lipinski definition) is 1. The first-order valence-corrected chi connectivity index (χ1v) is 7.40. The Hall–Kier alpha value is -3.15. The summed E-state index contributed by atoms with van der Waals surface area (Å²) in [5.41, 5.74) is 3.01. The molecule has 0 atom stereocenters. The second-order valence-corrected chi connectivity index (χ2v) is 5.37. The lowest BCUT2D eigenvalue weighted by molar-refractivity contribution is -0.115. The van der Waals surface area contributed by atoms with E-state index in [1.807, 2.05) is 25.1 Å². The Morgan fingerprint density at radius 1 is 1.21 bits per heavy atom. The van der Waals surface area contributed by atoms with Gasteiger partial charge in [0.1, 0.15) is 5.69 Å². The Labute approximate surface area is 138 Å². The molecular formula is C18H16N2O4. The summed E-state index contributed by atoms with van der Waals surface area (Å²) in [7, 11) is 1.32. The van der Waals surface area contributed by atoms with Crippen molar-refractivity contribution in [2.45, 2.75) is 13.3 Å². The van der Waals surface area contributed by atoms with Crippen LogP contribution in [0, 0.1) is 6.92 Å². The number of nitrogens with one attached hydrogen (secondary N) is 1. The molecular weight excluding hydrogens is 308 g/mol. The monoisotopic (exact) mass is 324 g/mol. The molecule has 0 saturated heterocycles. The minimum absolute atomic E-state index is 0.0822. The van der Waals surface area contributed by atoms with Crippen LogP contribution in [0.15, 0.2) is 47.0 Å². The van der Waals surface area contributed by atoms with Crippen LogP contribution >= 0.6 is 0 Å². The predicted molar refractivity (Wildman–Crippen MR) is 88.9 cm³/mol. The van der Waals surface area contributed by atoms with Crippen LogP contribution in [0.25, 0.3) is 11.0 Å². The lowest BCUT2D eigenvalue weighted by Crippen LogP contribution is -2.16. The van der Waals surface area contributed by atoms with Gasteiger partial charge < -0.3 is 14.6 Å². The van der Waals surface area contributed by atoms with E-state index in [1.165, 1.54) is 7.11 Å². The molecule has 0 saturated carbocycles. The zero-order valence-electron chi connectivity index (χ0n) is 13.3. The number of carbonyl (C=O) groups is 2. The van der Waals surface area contributed by atoms with Gasteiger partial charge in [-0.2, -0.15) is 0 Å². The fourth-order valence-electron chi connectivity index (χ4n) is 2.41. The molecule has 1 amide bonds. The van der Waals surface area contributed by atoms with Gasteiger partial charge in [0.05, 0.1) is 19.1 Å². The highest BCUT2D eigenvalue weighted by Crippen LogP contribution is 2.20. The number of esters is 1. The van der Waals surface area contributed by atoms with Crippen LogP contribution in [0.5, 0.6) is 0 Å². The predicted octanol–water partition coefficient (Wildman–Crippen LogP) is 3.10. The number of hydrogen-bond acceptors (Lipinski definition) is 5. The molecule has 0 bridgehead atoms. The van der Waals surface area contributed by atoms with Gasteiger partial charge in [0.2, 0.25) is 5.91 Å². The minimum Gasteiger partial charge on any atom is -0.465 e. The van der Waals surface area contributed by atoms with Gasteiger partial charge in [-0.3, -0.25) is 4.79 Å². The number of carbonyl (C=O) groups excluding carboxylic acids is 2. The summed E-state index contributed by atoms with van der Waals surface area (Å²) < 4.78 is 9.89. The van der Waals surface area contributed by atoms with E-state index in [-0.39, 0.29) is 12.3 Å². The number of rotatable bonds is 4. The van der Waals surface area contributed by atoms with Crippen molar-refractivity contribution in [3.05, 3.63) is 59.3 Å². The van der Waals surface area contributed by atoms with E-state index in [4.69, 9.17) is 9.26 Å². The normalized spacial score (nSPS) is 10.6. The molecule has 0 spiro atoms. The van der Waals surface area contributed by atoms with Crippen LogP contribution in [0.2, 0.25) is 0 Å². The molecule has 6 heteroatoms. The highest BCUT2D eigenvalue weighted by Gasteiger charge is 2.14. The molecule has 2 aromatic carbocycles. The molecule has 0 aliphatic heterocycles. The van der Waals surface area contributed by atoms with E-state index in [0.717, 1.165) is 10.9 Å². The van der Waals surface area contributed by atoms with Crippen molar-refractivity contribution < 1.29 is 18.8 Å². The molecule has 3 rings (SSSR count). The van der Waals surface area contributed by atoms with Gasteiger partial charge >= 0.3 is 5.97 Å². The van der Waals surface area contributed by atoms with Crippen LogP contribution in [0.4, 0.5) is 5.69 Å². The Morgan fingerprint density at radius 2 is 2.00 bits per heavy atom. The van der Waals surface area contributed by atoms with Crippen LogP contribution in [-0.2, 0) is 16.0 Å². The molecule has 122 valence electrons. The summed E-state index contributed by atoms with van der Waals surface area (Å²) in [6.45, 7) is 1.85. The Balaban J connectivity index is 1.78. The molecule has 1 aromatic heterocycles. The number of ether oxygens (including phenoxy) is 1. The molecule has 0 fully saturated rings. The average Bonchev–Trinajstić information content (AvgIpc) is 2.99. The fraction of sp³-hybridized carbons (Fsp3) is 0.167. The van der Waals surface area contributed by atoms with Gasteiger partial charge in [-0.05, 0) is 36.8 Å². The topological polar surface area (TPSA) is 81.4 Å². The molecule has 1 heterocycles. The fourth-order valence-corrected chi connectivity index (χ4v) is 2.41. The van der Waals surface area contributed by atoms with Gasteiger partial charge in [-0.25, -0.2) is 4.79 Å². The van der Waals surface area contributed by atoms with Crippen molar-refractivity contribution in [2.24, 2.45) is 0 Å². The van der Waals surface area contributed by atoms with Crippen molar-refractivity contribution >= 4 is 28.5 Å². The maximum Gasteiger partial charge on any atom is 0.337 e. The highest BCUT2D eigenvalue weighted by atomic mass is 16.5. The number of para-hydroxylation sites is 1. The number of fused-ring (bicyclic) bond motifs is 1. The number of aromatic nitrogens is 1. The summed E-state index contributed by atoms with van der Waals surface area (Å²) in [6, 6.07) is 12.4. The Kier molecular flexibility index (Phi) is 4.29. The van der Waals surface area contributed by atoms with Crippen LogP contribution in [0.3, 0.4) is 0 Å². The molecule has 0 aliphatic carbocycles. The zero-order valence-corrected chi connectivity index (χ0v) is 13.3. The van der Waals surface area contributed by atoms with Gasteiger partial charge in [-0.1, -0.05) is 23.4 Å². The first-order valence-electron chi connectivity index (χ1n) is 7.40. The van der Waals surface area contributed by atoms with Crippen LogP contribution in [0.1, 0.15) is 21.6 Å². The lowest BCUT2D eigenvalue weighted by Gasteiger charge is -2.09. The van der Waals surface area contributed by atoms with Crippen molar-refractivity contribution in [3.63, 3.8) is 0 Å². The van der Waals surface area contributed by atoms with E-state index < -0.39 is 5.97 Å². The minimum atomic E-state index is -0.451. The average molecular weight is 324 g/mol. The van der Waals surface area contributed by atoms with E-state index in [2.05, 4.69) is 10.5 Å². The summed E-state index contributed by atoms with van der Waals surface area (Å²) in [5, 5.41) is 7.57. The van der Waals surface area contributed by atoms with Gasteiger partial charge in [0.25, 0.3) is 0 Å². The molecule has 0 radical (unpaired) electrons. The lowest BCUT2D eigenvalue weighted by atomic mass is 10.1. The second-order valence-electron chi connectivity index (χ2n) is 5.37. The Bertz CT molecular complexity index is 914. The highest BCUT2D eigenvalue weighted by molar-refractivity contribution is 5.97. The van der Waals surface area contributed by atoms with Crippen molar-refractivity contribution in [1.82, 2.24) is 5.16 Å². The Morgan fingerprint density at radius 3 is 2.79 bits per heavy atom. The smallest absolute Gasteiger partial charge is 0.337 e. The zero-order chi connectivity index (χ0) is 17.1. The quantitative estimate of drug-likeness (QED) is 0.746. The first-order chi connectivity index (χ1) is 11.6. The van der Waals surface area contributed by atoms with E-state index in [1.54, 1.807) is 24.3 Å². The second kappa shape index (κ2) is 6.54. The van der Waals surface area contributed by atoms with Crippen molar-refractivity contribution in [1.29, 1.82) is 0 Å². The summed E-state index contributed by atoms with van der Waals surface area (Å²) in [4.78, 5) is 23.9. The number of anilines is 1. The molecule has 0 unspecified atom stereocenters. The van der Waals surface area contributed by atoms with Crippen molar-refractivity contribution in [2.75, 3.05) is 12.4 Å². The van der Waals surface area contributed by atoms with Gasteiger partial charge in [0, 0.05) is 11.1 Å². The maximum absolute atomic E-state index is 12.3. The van der Waals surface area contributed by atoms with E-state index in [0.29, 0.717) is 22.5 Å². The van der Waals surface area contributed by atoms with E-state index >= 15 is 0 Å². The third kappa shape index (κ3) is 3.12. The molecule has 24 heavy (non-hydrogen) atoms. The largest absolute Gasteiger partial charge is 0.465 e. The SMILES string of the molecule is COC(=O)c1ccc(C)c(NC(=O)Cc2noc3ccccc23)c1. The molecule has 6 nitrogen and oxygen atoms in total. The third-order valence-corrected chi connectivity index (χ3v) is 3.71. The number of methoxy groups -OCH3 is 1. The summed E-state index contributed by atoms with van der Waals surface area (Å²) in [6.07, 6.45) is 0.0822. The maximum atomic E-state index is 12.3.